The third-order valence-corrected chi connectivity index (χ3v) is 16.9. The molecule has 2 N–H and O–H groups in total. The molecule has 1 heterocycles. The van der Waals surface area contributed by atoms with E-state index in [1.54, 1.807) is 0 Å². The molecule has 0 saturated heterocycles. The first-order valence-corrected chi connectivity index (χ1v) is 23.6. The molecule has 13 rings (SSSR count). The SMILES string of the molecule is CC(C)(C)c1cc(-c2ccccc2-c2cccc(-c3ccccc3-c3cc(C(C)(C)C)cc(C45CC6CC(CC(C6)C4)C5)c3O)n2)c(O)c(C23CC4CC(CC(C4)C2)C3)c1. The normalized spacial score (nSPS) is 30.3. The number of phenolic OH excluding ortho intramolecular Hbond substituents is 2. The van der Waals surface area contributed by atoms with Crippen molar-refractivity contribution in [2.24, 2.45) is 35.5 Å². The molecule has 8 aliphatic carbocycles. The summed E-state index contributed by atoms with van der Waals surface area (Å²) < 4.78 is 0. The number of phenols is 2. The van der Waals surface area contributed by atoms with Crippen molar-refractivity contribution in [2.75, 3.05) is 0 Å². The maximum absolute atomic E-state index is 12.6. The summed E-state index contributed by atoms with van der Waals surface area (Å²) in [6.45, 7) is 13.8. The van der Waals surface area contributed by atoms with E-state index in [4.69, 9.17) is 4.98 Å². The first-order valence-electron chi connectivity index (χ1n) is 23.6. The number of benzene rings is 4. The number of rotatable bonds is 6. The van der Waals surface area contributed by atoms with Crippen LogP contribution in [0.25, 0.3) is 44.8 Å². The van der Waals surface area contributed by atoms with Crippen LogP contribution in [0.2, 0.25) is 0 Å². The topological polar surface area (TPSA) is 53.4 Å². The molecule has 0 amide bonds. The van der Waals surface area contributed by atoms with Crippen molar-refractivity contribution < 1.29 is 10.2 Å². The van der Waals surface area contributed by atoms with E-state index in [1.165, 1.54) is 99.3 Å². The second-order valence-electron chi connectivity index (χ2n) is 23.2. The van der Waals surface area contributed by atoms with Gasteiger partial charge in [0.2, 0.25) is 0 Å². The van der Waals surface area contributed by atoms with Gasteiger partial charge in [-0.05, 0) is 181 Å². The molecule has 5 aromatic rings. The summed E-state index contributed by atoms with van der Waals surface area (Å²) in [4.78, 5) is 5.48. The van der Waals surface area contributed by atoms with Crippen LogP contribution in [0, 0.1) is 35.5 Å². The van der Waals surface area contributed by atoms with Crippen LogP contribution in [0.4, 0.5) is 0 Å². The van der Waals surface area contributed by atoms with Gasteiger partial charge in [-0.2, -0.15) is 0 Å². The molecule has 8 saturated carbocycles. The van der Waals surface area contributed by atoms with Crippen LogP contribution < -0.4 is 0 Å². The van der Waals surface area contributed by atoms with Gasteiger partial charge in [0, 0.05) is 33.4 Å². The molecule has 310 valence electrons. The molecule has 4 aromatic carbocycles. The summed E-state index contributed by atoms with van der Waals surface area (Å²) in [5.74, 6) is 5.71. The van der Waals surface area contributed by atoms with Gasteiger partial charge < -0.3 is 10.2 Å². The molecule has 0 spiro atoms. The van der Waals surface area contributed by atoms with Gasteiger partial charge in [0.25, 0.3) is 0 Å². The number of aromatic nitrogens is 1. The van der Waals surface area contributed by atoms with E-state index in [1.807, 2.05) is 0 Å². The molecule has 8 fully saturated rings. The maximum Gasteiger partial charge on any atom is 0.127 e. The molecule has 3 nitrogen and oxygen atoms in total. The Morgan fingerprint density at radius 2 is 0.733 bits per heavy atom. The highest BCUT2D eigenvalue weighted by atomic mass is 16.3. The van der Waals surface area contributed by atoms with Gasteiger partial charge in [-0.1, -0.05) is 108 Å². The van der Waals surface area contributed by atoms with E-state index >= 15 is 0 Å². The zero-order valence-corrected chi connectivity index (χ0v) is 37.0. The Kier molecular flexibility index (Phi) is 8.71. The van der Waals surface area contributed by atoms with Crippen molar-refractivity contribution in [1.82, 2.24) is 4.98 Å². The van der Waals surface area contributed by atoms with Crippen LogP contribution in [0.1, 0.15) is 141 Å². The number of hydrogen-bond acceptors (Lipinski definition) is 3. The molecule has 1 aromatic heterocycles. The van der Waals surface area contributed by atoms with Gasteiger partial charge >= 0.3 is 0 Å². The number of nitrogens with zero attached hydrogens (tertiary/aromatic N) is 1. The van der Waals surface area contributed by atoms with Gasteiger partial charge in [-0.25, -0.2) is 4.98 Å². The first-order chi connectivity index (χ1) is 28.6. The van der Waals surface area contributed by atoms with Crippen molar-refractivity contribution in [2.45, 2.75) is 140 Å². The second-order valence-corrected chi connectivity index (χ2v) is 23.2. The van der Waals surface area contributed by atoms with Crippen LogP contribution in [-0.4, -0.2) is 15.2 Å². The Labute approximate surface area is 359 Å². The Balaban J connectivity index is 1.03. The Bertz CT molecular complexity index is 2270. The van der Waals surface area contributed by atoms with Crippen molar-refractivity contribution in [1.29, 1.82) is 0 Å². The molecule has 0 unspecified atom stereocenters. The van der Waals surface area contributed by atoms with E-state index in [2.05, 4.69) is 133 Å². The minimum Gasteiger partial charge on any atom is -0.507 e. The van der Waals surface area contributed by atoms with Crippen molar-refractivity contribution in [3.8, 4) is 56.3 Å². The predicted molar refractivity (Wildman–Crippen MR) is 246 cm³/mol. The van der Waals surface area contributed by atoms with Gasteiger partial charge in [0.05, 0.1) is 11.4 Å². The summed E-state index contributed by atoms with van der Waals surface area (Å²) in [6.07, 6.45) is 15.5. The number of aromatic hydroxyl groups is 2. The lowest BCUT2D eigenvalue weighted by molar-refractivity contribution is -0.00631. The average molecular weight is 796 g/mol. The van der Waals surface area contributed by atoms with Crippen LogP contribution in [0.15, 0.2) is 91.0 Å². The van der Waals surface area contributed by atoms with Gasteiger partial charge in [-0.15, -0.1) is 0 Å². The fourth-order valence-electron chi connectivity index (χ4n) is 14.9. The van der Waals surface area contributed by atoms with Gasteiger partial charge in [0.1, 0.15) is 11.5 Å². The summed E-state index contributed by atoms with van der Waals surface area (Å²) in [7, 11) is 0. The third-order valence-electron chi connectivity index (χ3n) is 16.9. The highest BCUT2D eigenvalue weighted by Crippen LogP contribution is 2.64. The van der Waals surface area contributed by atoms with E-state index in [0.29, 0.717) is 11.5 Å². The highest BCUT2D eigenvalue weighted by Gasteiger charge is 2.54. The van der Waals surface area contributed by atoms with E-state index < -0.39 is 0 Å². The highest BCUT2D eigenvalue weighted by molar-refractivity contribution is 5.89. The zero-order chi connectivity index (χ0) is 41.3. The minimum atomic E-state index is -0.0677. The fourth-order valence-corrected chi connectivity index (χ4v) is 14.9. The minimum absolute atomic E-state index is 0.0665. The first kappa shape index (κ1) is 38.5. The third kappa shape index (κ3) is 6.29. The quantitative estimate of drug-likeness (QED) is 0.180. The lowest BCUT2D eigenvalue weighted by atomic mass is 9.47. The summed E-state index contributed by atoms with van der Waals surface area (Å²) in [6, 6.07) is 32.8. The van der Waals surface area contributed by atoms with E-state index in [-0.39, 0.29) is 21.7 Å². The molecule has 8 aliphatic rings. The maximum atomic E-state index is 12.6. The van der Waals surface area contributed by atoms with Crippen LogP contribution in [-0.2, 0) is 21.7 Å². The Hall–Kier alpha value is -4.37. The molecular formula is C57H65NO2. The zero-order valence-electron chi connectivity index (χ0n) is 37.0. The largest absolute Gasteiger partial charge is 0.507 e. The van der Waals surface area contributed by atoms with Crippen molar-refractivity contribution in [3.63, 3.8) is 0 Å². The molecule has 0 radical (unpaired) electrons. The molecule has 8 bridgehead atoms. The molecule has 60 heavy (non-hydrogen) atoms. The molecule has 0 atom stereocenters. The molecule has 0 aliphatic heterocycles. The lowest BCUT2D eigenvalue weighted by Crippen LogP contribution is -2.48. The number of pyridine rings is 1. The fraction of sp³-hybridized carbons (Fsp3) is 0.491. The van der Waals surface area contributed by atoms with Crippen LogP contribution in [0.3, 0.4) is 0 Å². The van der Waals surface area contributed by atoms with E-state index in [9.17, 15) is 10.2 Å². The van der Waals surface area contributed by atoms with Crippen molar-refractivity contribution in [3.05, 3.63) is 113 Å². The molecular weight excluding hydrogens is 731 g/mol. The summed E-state index contributed by atoms with van der Waals surface area (Å²) in [5.41, 5.74) is 12.7. The number of hydrogen-bond donors (Lipinski definition) is 2. The summed E-state index contributed by atoms with van der Waals surface area (Å²) in [5, 5.41) is 25.2. The van der Waals surface area contributed by atoms with Gasteiger partial charge in [-0.3, -0.25) is 0 Å². The van der Waals surface area contributed by atoms with Gasteiger partial charge in [0.15, 0.2) is 0 Å². The monoisotopic (exact) mass is 796 g/mol. The van der Waals surface area contributed by atoms with Crippen LogP contribution in [0.5, 0.6) is 11.5 Å². The molecule has 3 heteroatoms. The average Bonchev–Trinajstić information content (AvgIpc) is 3.19. The summed E-state index contributed by atoms with van der Waals surface area (Å²) >= 11 is 0. The smallest absolute Gasteiger partial charge is 0.127 e. The Morgan fingerprint density at radius 1 is 0.417 bits per heavy atom. The van der Waals surface area contributed by atoms with Crippen LogP contribution >= 0.6 is 0 Å². The predicted octanol–water partition coefficient (Wildman–Crippen LogP) is 14.7. The lowest BCUT2D eigenvalue weighted by Gasteiger charge is -2.57. The Morgan fingerprint density at radius 3 is 1.05 bits per heavy atom. The second kappa shape index (κ2) is 13.6. The standard InChI is InChI=1S/C57H65NO2/c1-54(2,3)40-24-46(52(59)48(26-40)56-28-34-18-35(29-56)20-36(19-34)30-56)42-12-7-9-14-44(42)50-16-11-17-51(58-50)45-15-10-8-13-43(45)47-25-41(55(4,5)6)27-49(53(47)60)57-31-37-21-38(32-57)23-39(22-37)33-57/h7-17,24-27,34-39,59-60H,18-23,28-33H2,1-6H3. The van der Waals surface area contributed by atoms with Crippen molar-refractivity contribution >= 4 is 0 Å². The van der Waals surface area contributed by atoms with E-state index in [0.717, 1.165) is 80.3 Å².